The van der Waals surface area contributed by atoms with Gasteiger partial charge in [0.25, 0.3) is 0 Å². The average Bonchev–Trinajstić information content (AvgIpc) is 2.75. The number of hydrogen-bond acceptors (Lipinski definition) is 3. The molecule has 1 atom stereocenters. The molecule has 2 rings (SSSR count). The second kappa shape index (κ2) is 13.2. The van der Waals surface area contributed by atoms with Gasteiger partial charge < -0.3 is 9.47 Å². The monoisotopic (exact) mass is 398 g/mol. The number of hydrogen-bond donors (Lipinski definition) is 0. The van der Waals surface area contributed by atoms with E-state index in [0.29, 0.717) is 13.0 Å². The van der Waals surface area contributed by atoms with Crippen molar-refractivity contribution in [3.63, 3.8) is 0 Å². The van der Waals surface area contributed by atoms with E-state index >= 15 is 0 Å². The van der Waals surface area contributed by atoms with Gasteiger partial charge in [0.1, 0.15) is 5.75 Å². The number of benzene rings is 2. The minimum Gasteiger partial charge on any atom is -0.497 e. The van der Waals surface area contributed by atoms with Crippen molar-refractivity contribution < 1.29 is 14.3 Å². The van der Waals surface area contributed by atoms with Gasteiger partial charge in [-0.2, -0.15) is 0 Å². The molecule has 0 saturated heterocycles. The number of carbonyl (C=O) groups excluding carboxylic acids is 1. The smallest absolute Gasteiger partial charge is 0.305 e. The standard InChI is InChI=1S/C26H38O3/c1-4-5-6-7-8-9-10-11-12-13-26(27)29-20-21(2)22-14-15-24-19-25(28-3)17-16-23(24)18-22/h14-19,21H,4-13,20H2,1-3H3/t21-/m1/s1. The van der Waals surface area contributed by atoms with E-state index in [0.717, 1.165) is 24.0 Å². The van der Waals surface area contributed by atoms with Crippen molar-refractivity contribution in [3.05, 3.63) is 42.0 Å². The third-order valence-corrected chi connectivity index (χ3v) is 5.62. The lowest BCUT2D eigenvalue weighted by Crippen LogP contribution is -2.10. The molecule has 0 unspecified atom stereocenters. The normalized spacial score (nSPS) is 12.1. The van der Waals surface area contributed by atoms with Gasteiger partial charge in [-0.15, -0.1) is 0 Å². The molecule has 0 amide bonds. The zero-order chi connectivity index (χ0) is 20.9. The van der Waals surface area contributed by atoms with Crippen LogP contribution in [0.15, 0.2) is 36.4 Å². The molecule has 29 heavy (non-hydrogen) atoms. The summed E-state index contributed by atoms with van der Waals surface area (Å²) in [6, 6.07) is 12.5. The first kappa shape index (κ1) is 23.3. The van der Waals surface area contributed by atoms with Gasteiger partial charge in [0.2, 0.25) is 0 Å². The Kier molecular flexibility index (Phi) is 10.6. The molecule has 0 bridgehead atoms. The van der Waals surface area contributed by atoms with Crippen LogP contribution in [0.5, 0.6) is 5.75 Å². The summed E-state index contributed by atoms with van der Waals surface area (Å²) in [6.45, 7) is 4.80. The van der Waals surface area contributed by atoms with Gasteiger partial charge in [-0.05, 0) is 34.9 Å². The zero-order valence-corrected chi connectivity index (χ0v) is 18.5. The van der Waals surface area contributed by atoms with Crippen LogP contribution in [0.1, 0.15) is 89.5 Å². The lowest BCUT2D eigenvalue weighted by Gasteiger charge is -2.14. The molecular formula is C26H38O3. The number of rotatable bonds is 14. The van der Waals surface area contributed by atoms with Crippen molar-refractivity contribution in [2.75, 3.05) is 13.7 Å². The van der Waals surface area contributed by atoms with Gasteiger partial charge in [0.15, 0.2) is 0 Å². The van der Waals surface area contributed by atoms with E-state index in [9.17, 15) is 4.79 Å². The summed E-state index contributed by atoms with van der Waals surface area (Å²) in [5.41, 5.74) is 1.19. The number of esters is 1. The highest BCUT2D eigenvalue weighted by Gasteiger charge is 2.10. The fourth-order valence-electron chi connectivity index (χ4n) is 3.64. The molecule has 0 fully saturated rings. The molecule has 0 N–H and O–H groups in total. The molecular weight excluding hydrogens is 360 g/mol. The van der Waals surface area contributed by atoms with E-state index in [1.807, 2.05) is 12.1 Å². The largest absolute Gasteiger partial charge is 0.497 e. The van der Waals surface area contributed by atoms with Gasteiger partial charge in [-0.3, -0.25) is 4.79 Å². The van der Waals surface area contributed by atoms with Gasteiger partial charge in [0.05, 0.1) is 13.7 Å². The Morgan fingerprint density at radius 2 is 1.48 bits per heavy atom. The maximum Gasteiger partial charge on any atom is 0.305 e. The molecule has 2 aromatic rings. The number of methoxy groups -OCH3 is 1. The molecule has 0 aromatic heterocycles. The maximum atomic E-state index is 12.0. The third-order valence-electron chi connectivity index (χ3n) is 5.62. The SMILES string of the molecule is CCCCCCCCCCCC(=O)OC[C@@H](C)c1ccc2cc(OC)ccc2c1. The van der Waals surface area contributed by atoms with Gasteiger partial charge in [0, 0.05) is 12.3 Å². The Balaban J connectivity index is 1.63. The Morgan fingerprint density at radius 3 is 2.17 bits per heavy atom. The summed E-state index contributed by atoms with van der Waals surface area (Å²) in [4.78, 5) is 12.0. The van der Waals surface area contributed by atoms with E-state index in [-0.39, 0.29) is 11.9 Å². The number of carbonyl (C=O) groups is 1. The minimum absolute atomic E-state index is 0.0645. The van der Waals surface area contributed by atoms with Crippen LogP contribution in [0.4, 0.5) is 0 Å². The highest BCUT2D eigenvalue weighted by Crippen LogP contribution is 2.25. The van der Waals surface area contributed by atoms with Crippen molar-refractivity contribution in [2.45, 2.75) is 84.0 Å². The first-order chi connectivity index (χ1) is 14.1. The summed E-state index contributed by atoms with van der Waals surface area (Å²) in [5.74, 6) is 0.989. The Morgan fingerprint density at radius 1 is 0.862 bits per heavy atom. The molecule has 0 radical (unpaired) electrons. The van der Waals surface area contributed by atoms with Crippen LogP contribution < -0.4 is 4.74 Å². The number of fused-ring (bicyclic) bond motifs is 1. The van der Waals surface area contributed by atoms with Crippen LogP contribution in [0, 0.1) is 0 Å². The summed E-state index contributed by atoms with van der Waals surface area (Å²) in [7, 11) is 1.68. The van der Waals surface area contributed by atoms with Crippen LogP contribution in [0.25, 0.3) is 10.8 Å². The molecule has 0 saturated carbocycles. The highest BCUT2D eigenvalue weighted by atomic mass is 16.5. The van der Waals surface area contributed by atoms with Crippen LogP contribution in [-0.2, 0) is 9.53 Å². The summed E-state index contributed by atoms with van der Waals surface area (Å²) < 4.78 is 10.8. The topological polar surface area (TPSA) is 35.5 Å². The fraction of sp³-hybridized carbons (Fsp3) is 0.577. The predicted octanol–water partition coefficient (Wildman–Crippen LogP) is 7.42. The molecule has 0 spiro atoms. The van der Waals surface area contributed by atoms with E-state index in [1.54, 1.807) is 7.11 Å². The number of ether oxygens (including phenoxy) is 2. The maximum absolute atomic E-state index is 12.0. The van der Waals surface area contributed by atoms with E-state index in [4.69, 9.17) is 9.47 Å². The second-order valence-electron chi connectivity index (χ2n) is 8.14. The average molecular weight is 399 g/mol. The lowest BCUT2D eigenvalue weighted by molar-refractivity contribution is -0.144. The Hall–Kier alpha value is -2.03. The molecule has 0 aliphatic heterocycles. The summed E-state index contributed by atoms with van der Waals surface area (Å²) in [5, 5.41) is 2.33. The van der Waals surface area contributed by atoms with Crippen molar-refractivity contribution in [1.29, 1.82) is 0 Å². The number of unbranched alkanes of at least 4 members (excludes halogenated alkanes) is 8. The first-order valence-corrected chi connectivity index (χ1v) is 11.4. The fourth-order valence-corrected chi connectivity index (χ4v) is 3.64. The van der Waals surface area contributed by atoms with Crippen molar-refractivity contribution in [1.82, 2.24) is 0 Å². The Labute approximate surface area is 176 Å². The molecule has 0 aliphatic carbocycles. The Bertz CT molecular complexity index is 738. The van der Waals surface area contributed by atoms with Crippen LogP contribution in [0.3, 0.4) is 0 Å². The van der Waals surface area contributed by atoms with Crippen LogP contribution >= 0.6 is 0 Å². The summed E-state index contributed by atoms with van der Waals surface area (Å²) >= 11 is 0. The molecule has 0 aliphatic rings. The predicted molar refractivity (Wildman–Crippen MR) is 122 cm³/mol. The third kappa shape index (κ3) is 8.47. The highest BCUT2D eigenvalue weighted by molar-refractivity contribution is 5.84. The van der Waals surface area contributed by atoms with E-state index < -0.39 is 0 Å². The van der Waals surface area contributed by atoms with Gasteiger partial charge >= 0.3 is 5.97 Å². The van der Waals surface area contributed by atoms with Crippen molar-refractivity contribution >= 4 is 16.7 Å². The van der Waals surface area contributed by atoms with Gasteiger partial charge in [-0.1, -0.05) is 89.5 Å². The molecule has 3 heteroatoms. The quantitative estimate of drug-likeness (QED) is 0.245. The van der Waals surface area contributed by atoms with Gasteiger partial charge in [-0.25, -0.2) is 0 Å². The molecule has 160 valence electrons. The minimum atomic E-state index is -0.0645. The molecule has 3 nitrogen and oxygen atoms in total. The van der Waals surface area contributed by atoms with Crippen LogP contribution in [0.2, 0.25) is 0 Å². The van der Waals surface area contributed by atoms with E-state index in [1.165, 1.54) is 55.9 Å². The van der Waals surface area contributed by atoms with E-state index in [2.05, 4.69) is 38.1 Å². The summed E-state index contributed by atoms with van der Waals surface area (Å²) in [6.07, 6.45) is 11.9. The zero-order valence-electron chi connectivity index (χ0n) is 18.5. The van der Waals surface area contributed by atoms with Crippen LogP contribution in [-0.4, -0.2) is 19.7 Å². The molecule has 2 aromatic carbocycles. The lowest BCUT2D eigenvalue weighted by atomic mass is 9.98. The second-order valence-corrected chi connectivity index (χ2v) is 8.14. The van der Waals surface area contributed by atoms with Crippen molar-refractivity contribution in [2.24, 2.45) is 0 Å². The molecule has 0 heterocycles. The van der Waals surface area contributed by atoms with Crippen molar-refractivity contribution in [3.8, 4) is 5.75 Å². The first-order valence-electron chi connectivity index (χ1n) is 11.4.